The Morgan fingerprint density at radius 3 is 2.57 bits per heavy atom. The zero-order chi connectivity index (χ0) is 5.54. The first-order chi connectivity index (χ1) is 3.41. The summed E-state index contributed by atoms with van der Waals surface area (Å²) in [6, 6.07) is 0. The van der Waals surface area contributed by atoms with E-state index in [1.165, 1.54) is 0 Å². The molecule has 0 rings (SSSR count). The van der Waals surface area contributed by atoms with Gasteiger partial charge < -0.3 is 0 Å². The largest absolute Gasteiger partial charge is 0.166 e. The Morgan fingerprint density at radius 2 is 2.14 bits per heavy atom. The summed E-state index contributed by atoms with van der Waals surface area (Å²) in [4.78, 5) is 0. The molecule has 0 amide bonds. The van der Waals surface area contributed by atoms with E-state index in [1.807, 2.05) is 0 Å². The molecule has 1 heteroatoms. The van der Waals surface area contributed by atoms with Crippen molar-refractivity contribution in [2.24, 2.45) is 0 Å². The van der Waals surface area contributed by atoms with E-state index in [9.17, 15) is 0 Å². The predicted molar refractivity (Wildman–Crippen MR) is 36.5 cm³/mol. The summed E-state index contributed by atoms with van der Waals surface area (Å²) < 4.78 is 0. The Morgan fingerprint density at radius 1 is 1.43 bits per heavy atom. The van der Waals surface area contributed by atoms with Crippen LogP contribution in [0.1, 0.15) is 19.8 Å². The Bertz CT molecular complexity index is 75.9. The minimum absolute atomic E-state index is 0.694. The Labute approximate surface area is 50.7 Å². The third kappa shape index (κ3) is 5.91. The van der Waals surface area contributed by atoms with Gasteiger partial charge in [0.2, 0.25) is 0 Å². The summed E-state index contributed by atoms with van der Waals surface area (Å²) in [5, 5.41) is 0. The fraction of sp³-hybridized carbons (Fsp3) is 0.667. The van der Waals surface area contributed by atoms with Crippen molar-refractivity contribution in [1.82, 2.24) is 0 Å². The molecule has 0 N–H and O–H groups in total. The van der Waals surface area contributed by atoms with Gasteiger partial charge in [0.05, 0.1) is 5.75 Å². The molecule has 0 aromatic carbocycles. The predicted octanol–water partition coefficient (Wildman–Crippen LogP) is 1.72. The summed E-state index contributed by atoms with van der Waals surface area (Å²) in [7, 11) is 0. The molecule has 7 heavy (non-hydrogen) atoms. The van der Waals surface area contributed by atoms with Gasteiger partial charge in [0.1, 0.15) is 0 Å². The zero-order valence-corrected chi connectivity index (χ0v) is 5.46. The van der Waals surface area contributed by atoms with Crippen molar-refractivity contribution in [3.8, 4) is 11.8 Å². The fourth-order valence-corrected chi connectivity index (χ4v) is 0.381. The third-order valence-corrected chi connectivity index (χ3v) is 0.737. The molecular weight excluding hydrogens is 104 g/mol. The van der Waals surface area contributed by atoms with Crippen LogP contribution in [0.3, 0.4) is 0 Å². The van der Waals surface area contributed by atoms with Crippen LogP contribution in [0.2, 0.25) is 0 Å². The minimum Gasteiger partial charge on any atom is -0.166 e. The van der Waals surface area contributed by atoms with Crippen LogP contribution < -0.4 is 0 Å². The van der Waals surface area contributed by atoms with E-state index in [0.717, 1.165) is 12.8 Å². The second kappa shape index (κ2) is 5.91. The van der Waals surface area contributed by atoms with Gasteiger partial charge in [-0.15, -0.1) is 5.92 Å². The van der Waals surface area contributed by atoms with Crippen LogP contribution in [-0.2, 0) is 0 Å². The van der Waals surface area contributed by atoms with E-state index in [4.69, 9.17) is 0 Å². The number of hydrogen-bond acceptors (Lipinski definition) is 1. The third-order valence-electron chi connectivity index (χ3n) is 0.579. The molecule has 0 spiro atoms. The molecule has 0 atom stereocenters. The molecule has 0 aliphatic carbocycles. The van der Waals surface area contributed by atoms with Crippen molar-refractivity contribution in [3.63, 3.8) is 0 Å². The van der Waals surface area contributed by atoms with Crippen LogP contribution in [0.25, 0.3) is 0 Å². The first kappa shape index (κ1) is 6.91. The van der Waals surface area contributed by atoms with Gasteiger partial charge in [0.25, 0.3) is 0 Å². The van der Waals surface area contributed by atoms with Crippen molar-refractivity contribution >= 4 is 12.6 Å². The highest BCUT2D eigenvalue weighted by Crippen LogP contribution is 1.80. The van der Waals surface area contributed by atoms with Crippen molar-refractivity contribution in [1.29, 1.82) is 0 Å². The van der Waals surface area contributed by atoms with Gasteiger partial charge in [-0.25, -0.2) is 0 Å². The Balaban J connectivity index is 2.91. The summed E-state index contributed by atoms with van der Waals surface area (Å²) in [6.07, 6.45) is 2.17. The Kier molecular flexibility index (Phi) is 5.83. The number of thiol groups is 1. The molecule has 0 unspecified atom stereocenters. The lowest BCUT2D eigenvalue weighted by Crippen LogP contribution is -1.62. The van der Waals surface area contributed by atoms with Crippen molar-refractivity contribution < 1.29 is 0 Å². The average Bonchev–Trinajstić information content (AvgIpc) is 1.69. The highest BCUT2D eigenvalue weighted by Gasteiger charge is 1.66. The van der Waals surface area contributed by atoms with E-state index in [0.29, 0.717) is 5.75 Å². The summed E-state index contributed by atoms with van der Waals surface area (Å²) >= 11 is 3.92. The summed E-state index contributed by atoms with van der Waals surface area (Å²) in [6.45, 7) is 2.12. The fourth-order valence-electron chi connectivity index (χ4n) is 0.269. The normalized spacial score (nSPS) is 7.14. The van der Waals surface area contributed by atoms with Gasteiger partial charge in [0, 0.05) is 6.42 Å². The van der Waals surface area contributed by atoms with E-state index in [2.05, 4.69) is 31.4 Å². The van der Waals surface area contributed by atoms with Gasteiger partial charge in [-0.1, -0.05) is 12.8 Å². The van der Waals surface area contributed by atoms with E-state index in [1.54, 1.807) is 0 Å². The second-order valence-corrected chi connectivity index (χ2v) is 1.58. The monoisotopic (exact) mass is 114 g/mol. The van der Waals surface area contributed by atoms with Gasteiger partial charge >= 0.3 is 0 Å². The van der Waals surface area contributed by atoms with Crippen molar-refractivity contribution in [2.45, 2.75) is 19.8 Å². The van der Waals surface area contributed by atoms with E-state index >= 15 is 0 Å². The van der Waals surface area contributed by atoms with Gasteiger partial charge in [-0.3, -0.25) is 0 Å². The van der Waals surface area contributed by atoms with Crippen molar-refractivity contribution in [2.75, 3.05) is 5.75 Å². The van der Waals surface area contributed by atoms with E-state index in [-0.39, 0.29) is 0 Å². The standard InChI is InChI=1S/C6H10S/c1-2-3-4-5-6-7/h7H,2-3,6H2,1H3. The lowest BCUT2D eigenvalue weighted by molar-refractivity contribution is 0.983. The topological polar surface area (TPSA) is 0 Å². The minimum atomic E-state index is 0.694. The maximum absolute atomic E-state index is 3.92. The highest BCUT2D eigenvalue weighted by atomic mass is 32.1. The van der Waals surface area contributed by atoms with Crippen LogP contribution in [-0.4, -0.2) is 5.75 Å². The lowest BCUT2D eigenvalue weighted by atomic mass is 10.3. The second-order valence-electron chi connectivity index (χ2n) is 1.26. The molecule has 0 saturated heterocycles. The maximum atomic E-state index is 3.92. The molecule has 0 aromatic rings. The molecule has 0 aromatic heterocycles. The molecule has 0 bridgehead atoms. The lowest BCUT2D eigenvalue weighted by Gasteiger charge is -1.74. The molecule has 0 aliphatic rings. The number of unbranched alkanes of at least 4 members (excludes halogenated alkanes) is 1. The molecule has 0 radical (unpaired) electrons. The van der Waals surface area contributed by atoms with Crippen LogP contribution >= 0.6 is 12.6 Å². The molecule has 0 nitrogen and oxygen atoms in total. The molecule has 0 aliphatic heterocycles. The van der Waals surface area contributed by atoms with Crippen molar-refractivity contribution in [3.05, 3.63) is 0 Å². The summed E-state index contributed by atoms with van der Waals surface area (Å²) in [5.74, 6) is 6.52. The molecule has 0 fully saturated rings. The van der Waals surface area contributed by atoms with Crippen LogP contribution in [0.4, 0.5) is 0 Å². The number of hydrogen-bond donors (Lipinski definition) is 1. The van der Waals surface area contributed by atoms with Crippen LogP contribution in [0.15, 0.2) is 0 Å². The highest BCUT2D eigenvalue weighted by molar-refractivity contribution is 7.80. The van der Waals surface area contributed by atoms with Gasteiger partial charge in [-0.05, 0) is 6.42 Å². The first-order valence-corrected chi connectivity index (χ1v) is 3.11. The van der Waals surface area contributed by atoms with Crippen LogP contribution in [0.5, 0.6) is 0 Å². The van der Waals surface area contributed by atoms with Gasteiger partial charge in [0.15, 0.2) is 0 Å². The molecule has 0 heterocycles. The van der Waals surface area contributed by atoms with Crippen LogP contribution in [0, 0.1) is 11.8 Å². The SMILES string of the molecule is CCCC#CCS. The average molecular weight is 114 g/mol. The summed E-state index contributed by atoms with van der Waals surface area (Å²) in [5.41, 5.74) is 0. The Hall–Kier alpha value is -0.0900. The van der Waals surface area contributed by atoms with Gasteiger partial charge in [-0.2, -0.15) is 12.6 Å². The van der Waals surface area contributed by atoms with E-state index < -0.39 is 0 Å². The number of rotatable bonds is 1. The molecule has 0 saturated carbocycles. The zero-order valence-electron chi connectivity index (χ0n) is 4.57. The maximum Gasteiger partial charge on any atom is 0.0517 e. The smallest absolute Gasteiger partial charge is 0.0517 e. The molecule has 40 valence electrons. The molecular formula is C6H10S. The quantitative estimate of drug-likeness (QED) is 0.389. The first-order valence-electron chi connectivity index (χ1n) is 2.48.